The Morgan fingerprint density at radius 1 is 0.468 bits per heavy atom. The third-order valence-corrected chi connectivity index (χ3v) is 14.4. The molecule has 0 fully saturated rings. The lowest BCUT2D eigenvalue weighted by Gasteiger charge is -2.18. The summed E-state index contributed by atoms with van der Waals surface area (Å²) >= 11 is 0. The molecule has 0 bridgehead atoms. The number of carbonyl (C=O) groups excluding carboxylic acids is 2. The molecular formula is C65H60N2O10. The Hall–Kier alpha value is -9.16. The van der Waals surface area contributed by atoms with Crippen molar-refractivity contribution in [3.63, 3.8) is 0 Å². The third kappa shape index (κ3) is 12.0. The summed E-state index contributed by atoms with van der Waals surface area (Å²) in [5.74, 6) is -1.39. The van der Waals surface area contributed by atoms with Crippen LogP contribution in [0, 0.1) is 0 Å². The number of rotatable bonds is 17. The van der Waals surface area contributed by atoms with E-state index in [1.54, 1.807) is 19.2 Å². The van der Waals surface area contributed by atoms with E-state index >= 15 is 0 Å². The molecule has 12 heteroatoms. The van der Waals surface area contributed by atoms with Gasteiger partial charge in [0.1, 0.15) is 36.8 Å². The zero-order valence-corrected chi connectivity index (χ0v) is 43.1. The minimum Gasteiger partial charge on any atom is -0.508 e. The van der Waals surface area contributed by atoms with E-state index in [2.05, 4.69) is 41.8 Å². The number of carboxylic acids is 2. The highest BCUT2D eigenvalue weighted by Gasteiger charge is 2.32. The molecule has 77 heavy (non-hydrogen) atoms. The maximum Gasteiger partial charge on any atom is 0.407 e. The van der Waals surface area contributed by atoms with Crippen molar-refractivity contribution in [2.45, 2.75) is 63.5 Å². The molecule has 10 rings (SSSR count). The predicted octanol–water partition coefficient (Wildman–Crippen LogP) is 12.6. The van der Waals surface area contributed by atoms with Gasteiger partial charge in [-0.15, -0.1) is 0 Å². The Morgan fingerprint density at radius 3 is 1.19 bits per heavy atom. The van der Waals surface area contributed by atoms with Crippen LogP contribution in [0.25, 0.3) is 44.5 Å². The highest BCUT2D eigenvalue weighted by Crippen LogP contribution is 2.46. The number of methoxy groups -OCH3 is 1. The Balaban J connectivity index is 0.000000188. The normalized spacial score (nSPS) is 12.8. The van der Waals surface area contributed by atoms with Crippen molar-refractivity contribution in [2.75, 3.05) is 20.3 Å². The molecule has 0 aliphatic heterocycles. The van der Waals surface area contributed by atoms with Gasteiger partial charge in [-0.1, -0.05) is 172 Å². The molecule has 0 heterocycles. The number of ether oxygens (including phenoxy) is 3. The molecule has 8 aromatic rings. The molecule has 0 spiro atoms. The van der Waals surface area contributed by atoms with Gasteiger partial charge >= 0.3 is 24.1 Å². The molecule has 2 aliphatic carbocycles. The van der Waals surface area contributed by atoms with Gasteiger partial charge in [0, 0.05) is 24.7 Å². The van der Waals surface area contributed by atoms with Gasteiger partial charge in [-0.3, -0.25) is 0 Å². The van der Waals surface area contributed by atoms with Crippen LogP contribution in [-0.2, 0) is 44.7 Å². The van der Waals surface area contributed by atoms with E-state index in [1.165, 1.54) is 5.56 Å². The number of benzene rings is 8. The topological polar surface area (TPSA) is 181 Å². The molecule has 8 aromatic carbocycles. The smallest absolute Gasteiger partial charge is 0.407 e. The average molecular weight is 1030 g/mol. The highest BCUT2D eigenvalue weighted by molar-refractivity contribution is 5.83. The van der Waals surface area contributed by atoms with Gasteiger partial charge in [-0.25, -0.2) is 19.2 Å². The van der Waals surface area contributed by atoms with Crippen LogP contribution in [-0.4, -0.2) is 71.9 Å². The first-order chi connectivity index (χ1) is 37.4. The first kappa shape index (κ1) is 52.7. The summed E-state index contributed by atoms with van der Waals surface area (Å²) < 4.78 is 16.4. The molecule has 0 saturated carbocycles. The van der Waals surface area contributed by atoms with Crippen molar-refractivity contribution in [3.05, 3.63) is 226 Å². The van der Waals surface area contributed by atoms with Gasteiger partial charge < -0.3 is 40.2 Å². The fourth-order valence-corrected chi connectivity index (χ4v) is 10.5. The zero-order valence-electron chi connectivity index (χ0n) is 43.1. The van der Waals surface area contributed by atoms with Crippen LogP contribution in [0.4, 0.5) is 9.59 Å². The Labute approximate surface area is 447 Å². The maximum absolute atomic E-state index is 12.7. The summed E-state index contributed by atoms with van der Waals surface area (Å²) in [6, 6.07) is 56.6. The van der Waals surface area contributed by atoms with Gasteiger partial charge in [0.25, 0.3) is 0 Å². The number of alkyl carbamates (subject to hydrolysis) is 2. The van der Waals surface area contributed by atoms with Gasteiger partial charge in [-0.2, -0.15) is 0 Å². The lowest BCUT2D eigenvalue weighted by atomic mass is 9.96. The largest absolute Gasteiger partial charge is 0.508 e. The summed E-state index contributed by atoms with van der Waals surface area (Å²) in [5, 5.41) is 34.4. The van der Waals surface area contributed by atoms with Gasteiger partial charge in [0.05, 0.1) is 7.11 Å². The predicted molar refractivity (Wildman–Crippen MR) is 297 cm³/mol. The lowest BCUT2D eigenvalue weighted by molar-refractivity contribution is -0.140. The SMILES string of the molecule is CCc1cc(O)ccc1-c1ccc(C[C@H](NC(=O)OCC2c3ccccc3-c3ccccc32)C(=O)O)cc1.CCc1cc(OC)ccc1-c1ccc(C[C@H](NC(=O)OCC2c3ccccc3-c3ccccc32)C(=O)O)cc1. The van der Waals surface area contributed by atoms with Gasteiger partial charge in [0.2, 0.25) is 0 Å². The number of carbonyl (C=O) groups is 4. The van der Waals surface area contributed by atoms with Crippen LogP contribution in [0.5, 0.6) is 11.5 Å². The van der Waals surface area contributed by atoms with E-state index < -0.39 is 36.2 Å². The zero-order chi connectivity index (χ0) is 54.0. The molecule has 2 aliphatic rings. The number of carboxylic acid groups (broad SMARTS) is 2. The molecule has 0 radical (unpaired) electrons. The van der Waals surface area contributed by atoms with E-state index in [1.807, 2.05) is 153 Å². The van der Waals surface area contributed by atoms with E-state index in [-0.39, 0.29) is 43.6 Å². The minimum atomic E-state index is -1.13. The summed E-state index contributed by atoms with van der Waals surface area (Å²) in [7, 11) is 1.65. The molecule has 0 unspecified atom stereocenters. The Bertz CT molecular complexity index is 3340. The van der Waals surface area contributed by atoms with Crippen LogP contribution in [0.1, 0.15) is 70.2 Å². The van der Waals surface area contributed by atoms with Crippen molar-refractivity contribution >= 4 is 24.1 Å². The van der Waals surface area contributed by atoms with Crippen molar-refractivity contribution in [2.24, 2.45) is 0 Å². The standard InChI is InChI=1S/C33H31NO5.C32H29NO5/c1-3-22-19-24(38-2)16-17-25(22)23-14-12-21(13-15-23)18-31(32(35)36)34-33(37)39-20-30-28-10-6-4-8-26(28)27-9-5-7-11-29(27)30;1-2-21-18-23(34)15-16-24(21)22-13-11-20(12-14-22)17-30(31(35)36)33-32(37)38-19-29-27-9-5-3-7-25(27)26-8-4-6-10-28(26)29/h4-17,19,30-31H,3,18,20H2,1-2H3,(H,34,37)(H,35,36);3-16,18,29-30,34H,2,17,19H2,1H3,(H,33,37)(H,35,36)/t31-;30-/m00/s1. The summed E-state index contributed by atoms with van der Waals surface area (Å²) in [6.45, 7) is 4.37. The molecule has 2 amide bonds. The summed E-state index contributed by atoms with van der Waals surface area (Å²) in [4.78, 5) is 49.2. The molecular weight excluding hydrogens is 969 g/mol. The van der Waals surface area contributed by atoms with Crippen LogP contribution in [0.15, 0.2) is 182 Å². The van der Waals surface area contributed by atoms with Gasteiger partial charge in [0.15, 0.2) is 0 Å². The quantitative estimate of drug-likeness (QED) is 0.0589. The second-order valence-corrected chi connectivity index (χ2v) is 19.1. The third-order valence-electron chi connectivity index (χ3n) is 14.4. The van der Waals surface area contributed by atoms with E-state index in [0.717, 1.165) is 102 Å². The van der Waals surface area contributed by atoms with Crippen LogP contribution < -0.4 is 15.4 Å². The maximum atomic E-state index is 12.7. The number of fused-ring (bicyclic) bond motifs is 6. The van der Waals surface area contributed by atoms with Gasteiger partial charge in [-0.05, 0) is 126 Å². The van der Waals surface area contributed by atoms with E-state index in [4.69, 9.17) is 14.2 Å². The summed E-state index contributed by atoms with van der Waals surface area (Å²) in [5.41, 5.74) is 16.8. The number of hydrogen-bond acceptors (Lipinski definition) is 8. The fraction of sp³-hybridized carbons (Fsp3) is 0.200. The molecule has 0 saturated heterocycles. The lowest BCUT2D eigenvalue weighted by Crippen LogP contribution is -2.42. The highest BCUT2D eigenvalue weighted by atomic mass is 16.6. The Kier molecular flexibility index (Phi) is 16.4. The molecule has 0 aromatic heterocycles. The number of aromatic hydroxyl groups is 1. The number of aliphatic carboxylic acids is 2. The molecule has 390 valence electrons. The van der Waals surface area contributed by atoms with Crippen LogP contribution >= 0.6 is 0 Å². The molecule has 12 nitrogen and oxygen atoms in total. The monoisotopic (exact) mass is 1030 g/mol. The fourth-order valence-electron chi connectivity index (χ4n) is 10.5. The number of phenols is 1. The first-order valence-electron chi connectivity index (χ1n) is 25.8. The Morgan fingerprint density at radius 2 is 0.831 bits per heavy atom. The van der Waals surface area contributed by atoms with Crippen LogP contribution in [0.3, 0.4) is 0 Å². The number of nitrogens with one attached hydrogen (secondary N) is 2. The molecule has 2 atom stereocenters. The molecule has 5 N–H and O–H groups in total. The van der Waals surface area contributed by atoms with E-state index in [9.17, 15) is 34.5 Å². The first-order valence-corrected chi connectivity index (χ1v) is 25.8. The van der Waals surface area contributed by atoms with Crippen molar-refractivity contribution in [1.29, 1.82) is 0 Å². The van der Waals surface area contributed by atoms with Crippen molar-refractivity contribution in [1.82, 2.24) is 10.6 Å². The second-order valence-electron chi connectivity index (χ2n) is 19.1. The minimum absolute atomic E-state index is 0.0926. The van der Waals surface area contributed by atoms with Crippen LogP contribution in [0.2, 0.25) is 0 Å². The number of amides is 2. The second kappa shape index (κ2) is 24.0. The number of hydrogen-bond donors (Lipinski definition) is 5. The van der Waals surface area contributed by atoms with Crippen molar-refractivity contribution < 1.29 is 48.7 Å². The summed E-state index contributed by atoms with van der Waals surface area (Å²) in [6.07, 6.45) is 0.397. The number of phenolic OH excluding ortho intramolecular Hbond substituents is 1. The van der Waals surface area contributed by atoms with Crippen molar-refractivity contribution in [3.8, 4) is 56.0 Å². The van der Waals surface area contributed by atoms with E-state index in [0.29, 0.717) is 0 Å². The number of aryl methyl sites for hydroxylation is 2. The average Bonchev–Trinajstić information content (AvgIpc) is 4.04.